The van der Waals surface area contributed by atoms with Gasteiger partial charge in [-0.15, -0.1) is 0 Å². The highest BCUT2D eigenvalue weighted by Crippen LogP contribution is 2.30. The number of hydrogen-bond donors (Lipinski definition) is 2. The van der Waals surface area contributed by atoms with Crippen LogP contribution in [0, 0.1) is 0 Å². The van der Waals surface area contributed by atoms with Crippen molar-refractivity contribution >= 4 is 50.5 Å². The highest BCUT2D eigenvalue weighted by Gasteiger charge is 2.19. The van der Waals surface area contributed by atoms with E-state index in [1.165, 1.54) is 24.3 Å². The van der Waals surface area contributed by atoms with E-state index in [1.807, 2.05) is 0 Å². The molecule has 6 nitrogen and oxygen atoms in total. The zero-order valence-corrected chi connectivity index (χ0v) is 18.2. The number of amides is 1. The normalized spacial score (nSPS) is 11.0. The Morgan fingerprint density at radius 2 is 1.70 bits per heavy atom. The molecule has 0 radical (unpaired) electrons. The Bertz CT molecular complexity index is 1170. The summed E-state index contributed by atoms with van der Waals surface area (Å²) in [6, 6.07) is 16.9. The number of sulfonamides is 1. The van der Waals surface area contributed by atoms with E-state index in [9.17, 15) is 13.2 Å². The number of nitrogens with one attached hydrogen (secondary N) is 2. The third-order valence-corrected chi connectivity index (χ3v) is 5.86. The minimum Gasteiger partial charge on any atom is -0.492 e. The van der Waals surface area contributed by atoms with Crippen LogP contribution in [0.1, 0.15) is 17.3 Å². The van der Waals surface area contributed by atoms with Gasteiger partial charge in [0.25, 0.3) is 15.9 Å². The lowest BCUT2D eigenvalue weighted by Gasteiger charge is -2.14. The zero-order chi connectivity index (χ0) is 21.7. The van der Waals surface area contributed by atoms with Gasteiger partial charge in [-0.2, -0.15) is 0 Å². The minimum absolute atomic E-state index is 0.0441. The molecule has 3 rings (SSSR count). The van der Waals surface area contributed by atoms with E-state index in [0.29, 0.717) is 33.7 Å². The Morgan fingerprint density at radius 3 is 2.37 bits per heavy atom. The van der Waals surface area contributed by atoms with Gasteiger partial charge in [-0.1, -0.05) is 29.3 Å². The second-order valence-corrected chi connectivity index (χ2v) is 8.72. The molecule has 0 aromatic heterocycles. The molecule has 0 saturated carbocycles. The van der Waals surface area contributed by atoms with Crippen molar-refractivity contribution in [3.05, 3.63) is 82.3 Å². The monoisotopic (exact) mass is 464 g/mol. The molecule has 2 N–H and O–H groups in total. The van der Waals surface area contributed by atoms with Crippen molar-refractivity contribution < 1.29 is 17.9 Å². The predicted molar refractivity (Wildman–Crippen MR) is 119 cm³/mol. The molecule has 0 spiro atoms. The van der Waals surface area contributed by atoms with E-state index in [4.69, 9.17) is 27.9 Å². The van der Waals surface area contributed by atoms with Crippen molar-refractivity contribution in [2.45, 2.75) is 11.8 Å². The number of halogens is 2. The van der Waals surface area contributed by atoms with Crippen LogP contribution < -0.4 is 14.8 Å². The van der Waals surface area contributed by atoms with Crippen molar-refractivity contribution in [2.24, 2.45) is 0 Å². The van der Waals surface area contributed by atoms with Gasteiger partial charge in [-0.25, -0.2) is 8.42 Å². The van der Waals surface area contributed by atoms with E-state index in [0.717, 1.165) is 0 Å². The average molecular weight is 465 g/mol. The average Bonchev–Trinajstić information content (AvgIpc) is 2.69. The smallest absolute Gasteiger partial charge is 0.261 e. The molecule has 0 fully saturated rings. The van der Waals surface area contributed by atoms with Gasteiger partial charge in [0, 0.05) is 15.6 Å². The molecule has 0 aliphatic rings. The fraction of sp³-hybridized carbons (Fsp3) is 0.0952. The minimum atomic E-state index is -3.92. The van der Waals surface area contributed by atoms with Crippen LogP contribution in [-0.2, 0) is 10.0 Å². The Labute approximate surface area is 184 Å². The molecule has 1 amide bonds. The van der Waals surface area contributed by atoms with Crippen molar-refractivity contribution in [1.29, 1.82) is 0 Å². The highest BCUT2D eigenvalue weighted by molar-refractivity contribution is 7.92. The van der Waals surface area contributed by atoms with Crippen molar-refractivity contribution in [3.63, 3.8) is 0 Å². The predicted octanol–water partition coefficient (Wildman–Crippen LogP) is 5.45. The van der Waals surface area contributed by atoms with Crippen LogP contribution >= 0.6 is 23.2 Å². The van der Waals surface area contributed by atoms with Gasteiger partial charge in [0.15, 0.2) is 0 Å². The maximum atomic E-state index is 12.8. The second kappa shape index (κ2) is 9.38. The quantitative estimate of drug-likeness (QED) is 0.486. The molecule has 0 heterocycles. The molecular weight excluding hydrogens is 447 g/mol. The van der Waals surface area contributed by atoms with Crippen LogP contribution in [0.5, 0.6) is 5.75 Å². The summed E-state index contributed by atoms with van der Waals surface area (Å²) in [7, 11) is -3.92. The molecular formula is C21H18Cl2N2O4S. The van der Waals surface area contributed by atoms with E-state index < -0.39 is 15.9 Å². The zero-order valence-electron chi connectivity index (χ0n) is 15.9. The van der Waals surface area contributed by atoms with Crippen molar-refractivity contribution in [2.75, 3.05) is 16.6 Å². The van der Waals surface area contributed by atoms with Crippen LogP contribution in [0.15, 0.2) is 71.6 Å². The molecule has 0 aliphatic heterocycles. The van der Waals surface area contributed by atoms with Crippen molar-refractivity contribution in [3.8, 4) is 5.75 Å². The Hall–Kier alpha value is -2.74. The maximum Gasteiger partial charge on any atom is 0.261 e. The van der Waals surface area contributed by atoms with Gasteiger partial charge < -0.3 is 10.1 Å². The molecule has 0 bridgehead atoms. The lowest BCUT2D eigenvalue weighted by atomic mass is 10.2. The number of carbonyl (C=O) groups is 1. The number of ether oxygens (including phenoxy) is 1. The third-order valence-electron chi connectivity index (χ3n) is 3.99. The van der Waals surface area contributed by atoms with Crippen LogP contribution in [0.4, 0.5) is 11.4 Å². The van der Waals surface area contributed by atoms with Gasteiger partial charge in [0.1, 0.15) is 5.75 Å². The number of rotatable bonds is 7. The number of hydrogen-bond acceptors (Lipinski definition) is 4. The summed E-state index contributed by atoms with van der Waals surface area (Å²) in [6.45, 7) is 2.13. The summed E-state index contributed by atoms with van der Waals surface area (Å²) < 4.78 is 33.6. The standard InChI is InChI=1S/C21H18Cl2N2O4S/c1-2-29-20-11-10-18(30(27,28)25-17-5-3-4-16(23)12-17)13-19(20)24-21(26)14-6-8-15(22)9-7-14/h3-13,25H,2H2,1H3,(H,24,26). The van der Waals surface area contributed by atoms with Gasteiger partial charge in [-0.3, -0.25) is 9.52 Å². The largest absolute Gasteiger partial charge is 0.492 e. The van der Waals surface area contributed by atoms with E-state index >= 15 is 0 Å². The fourth-order valence-corrected chi connectivity index (χ4v) is 4.01. The third kappa shape index (κ3) is 5.44. The first-order chi connectivity index (χ1) is 14.3. The Kier molecular flexibility index (Phi) is 6.87. The molecule has 9 heteroatoms. The summed E-state index contributed by atoms with van der Waals surface area (Å²) in [5.41, 5.74) is 0.918. The van der Waals surface area contributed by atoms with Crippen LogP contribution in [0.3, 0.4) is 0 Å². The molecule has 156 valence electrons. The van der Waals surface area contributed by atoms with E-state index in [-0.39, 0.29) is 10.6 Å². The number of benzene rings is 3. The lowest BCUT2D eigenvalue weighted by molar-refractivity contribution is 0.102. The van der Waals surface area contributed by atoms with Gasteiger partial charge in [-0.05, 0) is 67.6 Å². The first kappa shape index (κ1) is 22.0. The van der Waals surface area contributed by atoms with Crippen molar-refractivity contribution in [1.82, 2.24) is 0 Å². The highest BCUT2D eigenvalue weighted by atomic mass is 35.5. The maximum absolute atomic E-state index is 12.8. The SMILES string of the molecule is CCOc1ccc(S(=O)(=O)Nc2cccc(Cl)c2)cc1NC(=O)c1ccc(Cl)cc1. The van der Waals surface area contributed by atoms with Gasteiger partial charge >= 0.3 is 0 Å². The van der Waals surface area contributed by atoms with Crippen LogP contribution in [0.25, 0.3) is 0 Å². The molecule has 0 saturated heterocycles. The van der Waals surface area contributed by atoms with Gasteiger partial charge in [0.05, 0.1) is 22.9 Å². The first-order valence-electron chi connectivity index (χ1n) is 8.90. The van der Waals surface area contributed by atoms with Crippen LogP contribution in [0.2, 0.25) is 10.0 Å². The summed E-state index contributed by atoms with van der Waals surface area (Å²) in [5.74, 6) is -0.0773. The number of carbonyl (C=O) groups excluding carboxylic acids is 1. The Morgan fingerprint density at radius 1 is 0.967 bits per heavy atom. The van der Waals surface area contributed by atoms with Gasteiger partial charge in [0.2, 0.25) is 0 Å². The molecule has 3 aromatic carbocycles. The molecule has 0 aliphatic carbocycles. The molecule has 0 atom stereocenters. The fourth-order valence-electron chi connectivity index (χ4n) is 2.62. The van der Waals surface area contributed by atoms with E-state index in [2.05, 4.69) is 10.0 Å². The van der Waals surface area contributed by atoms with Crippen LogP contribution in [-0.4, -0.2) is 20.9 Å². The van der Waals surface area contributed by atoms with E-state index in [1.54, 1.807) is 49.4 Å². The molecule has 30 heavy (non-hydrogen) atoms. The second-order valence-electron chi connectivity index (χ2n) is 6.17. The summed E-state index contributed by atoms with van der Waals surface area (Å²) >= 11 is 11.8. The molecule has 3 aromatic rings. The number of anilines is 2. The summed E-state index contributed by atoms with van der Waals surface area (Å²) in [6.07, 6.45) is 0. The summed E-state index contributed by atoms with van der Waals surface area (Å²) in [4.78, 5) is 12.5. The first-order valence-corrected chi connectivity index (χ1v) is 11.1. The Balaban J connectivity index is 1.91. The summed E-state index contributed by atoms with van der Waals surface area (Å²) in [5, 5.41) is 3.60. The lowest BCUT2D eigenvalue weighted by Crippen LogP contribution is -2.16. The topological polar surface area (TPSA) is 84.5 Å². The molecule has 0 unspecified atom stereocenters.